The number of benzene rings is 2. The van der Waals surface area contributed by atoms with Crippen molar-refractivity contribution in [3.8, 4) is 0 Å². The van der Waals surface area contributed by atoms with Crippen molar-refractivity contribution in [2.45, 2.75) is 0 Å². The minimum absolute atomic E-state index is 0.127. The molecule has 0 atom stereocenters. The topological polar surface area (TPSA) is 97.1 Å². The molecule has 1 amide bonds. The van der Waals surface area contributed by atoms with Crippen molar-refractivity contribution in [2.75, 3.05) is 17.7 Å². The van der Waals surface area contributed by atoms with Crippen LogP contribution < -0.4 is 16.4 Å². The lowest BCUT2D eigenvalue weighted by Gasteiger charge is -2.12. The van der Waals surface area contributed by atoms with Crippen molar-refractivity contribution in [1.29, 1.82) is 0 Å². The van der Waals surface area contributed by atoms with E-state index in [2.05, 4.69) is 15.6 Å². The molecule has 0 saturated heterocycles. The number of para-hydroxylation sites is 1. The minimum Gasteiger partial charge on any atom is -0.397 e. The first-order valence-corrected chi connectivity index (χ1v) is 7.39. The Labute approximate surface area is 138 Å². The zero-order valence-electron chi connectivity index (χ0n) is 12.8. The zero-order chi connectivity index (χ0) is 16.9. The molecular weight excluding hydrogens is 304 g/mol. The number of hydrogen-bond donors (Lipinski definition) is 3. The van der Waals surface area contributed by atoms with Crippen molar-refractivity contribution in [3.05, 3.63) is 66.0 Å². The summed E-state index contributed by atoms with van der Waals surface area (Å²) in [5, 5.41) is 7.58. The van der Waals surface area contributed by atoms with E-state index in [9.17, 15) is 9.59 Å². The Bertz CT molecular complexity index is 908. The van der Waals surface area contributed by atoms with Gasteiger partial charge in [-0.2, -0.15) is 0 Å². The molecule has 3 aromatic rings. The summed E-state index contributed by atoms with van der Waals surface area (Å²) in [7, 11) is 0. The summed E-state index contributed by atoms with van der Waals surface area (Å²) in [4.78, 5) is 27.4. The van der Waals surface area contributed by atoms with Gasteiger partial charge in [-0.25, -0.2) is 0 Å². The molecule has 0 saturated carbocycles. The molecule has 4 N–H and O–H groups in total. The Balaban J connectivity index is 1.68. The van der Waals surface area contributed by atoms with E-state index in [4.69, 9.17) is 5.73 Å². The van der Waals surface area contributed by atoms with Gasteiger partial charge in [0.05, 0.1) is 18.0 Å². The summed E-state index contributed by atoms with van der Waals surface area (Å²) < 4.78 is 0. The molecule has 1 heterocycles. The molecule has 2 aromatic carbocycles. The molecule has 0 aliphatic carbocycles. The lowest BCUT2D eigenvalue weighted by atomic mass is 10.1. The smallest absolute Gasteiger partial charge is 0.271 e. The number of nitrogens with zero attached hydrogens (tertiary/aromatic N) is 1. The van der Waals surface area contributed by atoms with Crippen molar-refractivity contribution in [2.24, 2.45) is 0 Å². The molecule has 6 heteroatoms. The summed E-state index contributed by atoms with van der Waals surface area (Å²) in [5.41, 5.74) is 7.55. The highest BCUT2D eigenvalue weighted by Gasteiger charge is 2.09. The van der Waals surface area contributed by atoms with Crippen LogP contribution in [0.1, 0.15) is 20.8 Å². The molecular formula is C18H16N4O2. The molecule has 0 fully saturated rings. The lowest BCUT2D eigenvalue weighted by molar-refractivity contribution is 0.0951. The average Bonchev–Trinajstić information content (AvgIpc) is 2.62. The van der Waals surface area contributed by atoms with Gasteiger partial charge in [0, 0.05) is 17.1 Å². The number of rotatable bonds is 5. The largest absolute Gasteiger partial charge is 0.397 e. The van der Waals surface area contributed by atoms with Crippen molar-refractivity contribution >= 4 is 34.3 Å². The van der Waals surface area contributed by atoms with Gasteiger partial charge >= 0.3 is 0 Å². The van der Waals surface area contributed by atoms with Crippen LogP contribution >= 0.6 is 0 Å². The molecule has 6 nitrogen and oxygen atoms in total. The molecule has 1 aromatic heterocycles. The number of anilines is 2. The number of carbonyl (C=O) groups excluding carboxylic acids is 2. The van der Waals surface area contributed by atoms with Crippen LogP contribution in [0.5, 0.6) is 0 Å². The Morgan fingerprint density at radius 3 is 2.71 bits per heavy atom. The van der Waals surface area contributed by atoms with Crippen LogP contribution in [-0.2, 0) is 0 Å². The third-order valence-electron chi connectivity index (χ3n) is 3.63. The van der Waals surface area contributed by atoms with Gasteiger partial charge in [0.15, 0.2) is 6.29 Å². The molecule has 0 radical (unpaired) electrons. The fraction of sp³-hybridized carbons (Fsp3) is 0.0556. The molecule has 0 unspecified atom stereocenters. The second kappa shape index (κ2) is 6.78. The monoisotopic (exact) mass is 320 g/mol. The van der Waals surface area contributed by atoms with Gasteiger partial charge in [-0.3, -0.25) is 14.6 Å². The first-order chi connectivity index (χ1) is 11.7. The number of nitrogen functional groups attached to an aromatic ring is 1. The fourth-order valence-corrected chi connectivity index (χ4v) is 2.40. The summed E-state index contributed by atoms with van der Waals surface area (Å²) >= 11 is 0. The van der Waals surface area contributed by atoms with E-state index in [0.717, 1.165) is 10.8 Å². The second-order valence-electron chi connectivity index (χ2n) is 5.21. The normalized spacial score (nSPS) is 10.3. The van der Waals surface area contributed by atoms with Gasteiger partial charge in [-0.05, 0) is 23.6 Å². The van der Waals surface area contributed by atoms with E-state index in [-0.39, 0.29) is 12.6 Å². The van der Waals surface area contributed by atoms with E-state index < -0.39 is 0 Å². The highest BCUT2D eigenvalue weighted by Crippen LogP contribution is 2.21. The molecule has 0 bridgehead atoms. The summed E-state index contributed by atoms with van der Waals surface area (Å²) in [6, 6.07) is 14.5. The van der Waals surface area contributed by atoms with Crippen molar-refractivity contribution in [3.63, 3.8) is 0 Å². The minimum atomic E-state index is -0.310. The Morgan fingerprint density at radius 2 is 1.92 bits per heavy atom. The summed E-state index contributed by atoms with van der Waals surface area (Å²) in [6.45, 7) is 0.127. The molecule has 24 heavy (non-hydrogen) atoms. The summed E-state index contributed by atoms with van der Waals surface area (Å²) in [6.07, 6.45) is 2.38. The van der Waals surface area contributed by atoms with E-state index in [1.807, 2.05) is 24.3 Å². The van der Waals surface area contributed by atoms with Gasteiger partial charge in [0.2, 0.25) is 0 Å². The maximum atomic E-state index is 12.2. The number of pyridine rings is 1. The molecule has 0 aliphatic rings. The maximum Gasteiger partial charge on any atom is 0.271 e. The maximum absolute atomic E-state index is 12.2. The number of carbonyl (C=O) groups is 2. The number of aromatic nitrogens is 1. The third kappa shape index (κ3) is 3.17. The molecule has 0 aliphatic heterocycles. The zero-order valence-corrected chi connectivity index (χ0v) is 12.8. The fourth-order valence-electron chi connectivity index (χ4n) is 2.40. The number of aldehydes is 1. The van der Waals surface area contributed by atoms with E-state index in [1.165, 1.54) is 0 Å². The van der Waals surface area contributed by atoms with Gasteiger partial charge in [0.25, 0.3) is 5.91 Å². The first kappa shape index (κ1) is 15.5. The Kier molecular flexibility index (Phi) is 4.38. The number of nitrogens with two attached hydrogens (primary N) is 1. The quantitative estimate of drug-likeness (QED) is 0.381. The molecule has 0 spiro atoms. The van der Waals surface area contributed by atoms with Crippen molar-refractivity contribution in [1.82, 2.24) is 10.3 Å². The first-order valence-electron chi connectivity index (χ1n) is 7.39. The van der Waals surface area contributed by atoms with Crippen LogP contribution in [0.25, 0.3) is 10.8 Å². The van der Waals surface area contributed by atoms with Crippen molar-refractivity contribution < 1.29 is 9.59 Å². The average molecular weight is 320 g/mol. The Hall–Kier alpha value is -3.41. The van der Waals surface area contributed by atoms with Crippen LogP contribution in [0.2, 0.25) is 0 Å². The van der Waals surface area contributed by atoms with E-state index >= 15 is 0 Å². The van der Waals surface area contributed by atoms with Crippen LogP contribution in [0.15, 0.2) is 54.7 Å². The molecule has 120 valence electrons. The van der Waals surface area contributed by atoms with Gasteiger partial charge in [-0.15, -0.1) is 0 Å². The number of amides is 1. The van der Waals surface area contributed by atoms with Crippen LogP contribution in [0.4, 0.5) is 11.4 Å². The number of nitrogens with one attached hydrogen (secondary N) is 2. The highest BCUT2D eigenvalue weighted by atomic mass is 16.2. The Morgan fingerprint density at radius 1 is 1.12 bits per heavy atom. The van der Waals surface area contributed by atoms with Gasteiger partial charge in [-0.1, -0.05) is 30.3 Å². The van der Waals surface area contributed by atoms with Crippen LogP contribution in [0.3, 0.4) is 0 Å². The predicted octanol–water partition coefficient (Wildman–Crippen LogP) is 2.43. The summed E-state index contributed by atoms with van der Waals surface area (Å²) in [5.74, 6) is -0.310. The lowest BCUT2D eigenvalue weighted by Crippen LogP contribution is -2.30. The van der Waals surface area contributed by atoms with E-state index in [1.54, 1.807) is 30.5 Å². The van der Waals surface area contributed by atoms with E-state index in [0.29, 0.717) is 28.9 Å². The highest BCUT2D eigenvalue weighted by molar-refractivity contribution is 5.96. The van der Waals surface area contributed by atoms with Gasteiger partial charge < -0.3 is 16.4 Å². The second-order valence-corrected chi connectivity index (χ2v) is 5.21. The molecule has 3 rings (SSSR count). The standard InChI is InChI=1S/C18H16N4O2/c19-15-7-3-6-14(10-23)17(15)21-11-22-18(24)16-8-12-4-1-2-5-13(12)9-20-16/h1-10,21H,11,19H2,(H,22,24). The SMILES string of the molecule is Nc1cccc(C=O)c1NCNC(=O)c1cc2ccccc2cn1. The van der Waals surface area contributed by atoms with Crippen LogP contribution in [-0.4, -0.2) is 23.8 Å². The number of hydrogen-bond acceptors (Lipinski definition) is 5. The van der Waals surface area contributed by atoms with Crippen LogP contribution in [0, 0.1) is 0 Å². The number of fused-ring (bicyclic) bond motifs is 1. The predicted molar refractivity (Wildman–Crippen MR) is 93.9 cm³/mol. The third-order valence-corrected chi connectivity index (χ3v) is 3.63. The van der Waals surface area contributed by atoms with Gasteiger partial charge in [0.1, 0.15) is 5.69 Å².